The molecule has 2 N–H and O–H groups in total. The molecule has 1 saturated heterocycles. The summed E-state index contributed by atoms with van der Waals surface area (Å²) in [7, 11) is 1.71. The predicted molar refractivity (Wildman–Crippen MR) is 131 cm³/mol. The summed E-state index contributed by atoms with van der Waals surface area (Å²) in [5.74, 6) is 0.233. The smallest absolute Gasteiger partial charge is 0.258 e. The van der Waals surface area contributed by atoms with Gasteiger partial charge in [0.05, 0.1) is 17.9 Å². The number of likely N-dealkylation sites (N-methyl/N-ethyl adjacent to an activating group) is 1. The van der Waals surface area contributed by atoms with Crippen molar-refractivity contribution in [2.45, 2.75) is 25.5 Å². The number of benzene rings is 1. The molecule has 0 radical (unpaired) electrons. The van der Waals surface area contributed by atoms with Crippen LogP contribution in [0.3, 0.4) is 0 Å². The monoisotopic (exact) mass is 472 g/mol. The highest BCUT2D eigenvalue weighted by Crippen LogP contribution is 2.36. The van der Waals surface area contributed by atoms with Crippen LogP contribution >= 0.6 is 11.3 Å². The molecular formula is C25H24N6O2S. The second-order valence-electron chi connectivity index (χ2n) is 8.34. The molecule has 3 aromatic heterocycles. The van der Waals surface area contributed by atoms with Gasteiger partial charge in [0.2, 0.25) is 5.95 Å². The Morgan fingerprint density at radius 2 is 2.00 bits per heavy atom. The second-order valence-corrected chi connectivity index (χ2v) is 9.20. The summed E-state index contributed by atoms with van der Waals surface area (Å²) in [6.07, 6.45) is 3.85. The molecule has 8 nitrogen and oxygen atoms in total. The first-order chi connectivity index (χ1) is 16.4. The van der Waals surface area contributed by atoms with Crippen LogP contribution in [0.15, 0.2) is 60.2 Å². The van der Waals surface area contributed by atoms with Crippen molar-refractivity contribution >= 4 is 23.2 Å². The van der Waals surface area contributed by atoms with Gasteiger partial charge in [-0.3, -0.25) is 9.78 Å². The zero-order valence-electron chi connectivity index (χ0n) is 18.9. The molecule has 0 aliphatic carbocycles. The second kappa shape index (κ2) is 8.92. The minimum absolute atomic E-state index is 0.272. The van der Waals surface area contributed by atoms with Gasteiger partial charge in [0.15, 0.2) is 5.60 Å². The van der Waals surface area contributed by atoms with E-state index in [2.05, 4.69) is 20.3 Å². The fourth-order valence-corrected chi connectivity index (χ4v) is 4.82. The van der Waals surface area contributed by atoms with Gasteiger partial charge < -0.3 is 15.3 Å². The zero-order chi connectivity index (χ0) is 23.7. The van der Waals surface area contributed by atoms with Gasteiger partial charge in [0.1, 0.15) is 10.7 Å². The summed E-state index contributed by atoms with van der Waals surface area (Å²) in [4.78, 5) is 32.1. The molecule has 5 rings (SSSR count). The number of aryl methyl sites for hydroxylation is 1. The van der Waals surface area contributed by atoms with Crippen LogP contribution in [0.25, 0.3) is 22.0 Å². The summed E-state index contributed by atoms with van der Waals surface area (Å²) >= 11 is 1.49. The number of nitrogens with one attached hydrogen (secondary N) is 1. The van der Waals surface area contributed by atoms with Gasteiger partial charge in [-0.2, -0.15) is 0 Å². The maximum atomic E-state index is 12.5. The molecule has 4 heterocycles. The number of rotatable bonds is 6. The molecular weight excluding hydrogens is 448 g/mol. The largest absolute Gasteiger partial charge is 0.375 e. The van der Waals surface area contributed by atoms with E-state index in [1.165, 1.54) is 11.3 Å². The lowest BCUT2D eigenvalue weighted by Crippen LogP contribution is -2.36. The molecule has 9 heteroatoms. The molecule has 34 heavy (non-hydrogen) atoms. The van der Waals surface area contributed by atoms with Crippen molar-refractivity contribution < 1.29 is 9.90 Å². The van der Waals surface area contributed by atoms with E-state index < -0.39 is 5.60 Å². The number of carbonyl (C=O) groups is 1. The van der Waals surface area contributed by atoms with Crippen LogP contribution in [0.5, 0.6) is 0 Å². The van der Waals surface area contributed by atoms with Gasteiger partial charge >= 0.3 is 0 Å². The molecule has 1 aliphatic rings. The normalized spacial score (nSPS) is 17.9. The number of hydrogen-bond donors (Lipinski definition) is 2. The van der Waals surface area contributed by atoms with Gasteiger partial charge in [-0.1, -0.05) is 24.3 Å². The average molecular weight is 473 g/mol. The SMILES string of the molecule is Cc1cccnc1CNc1nccc(-c2csc(-c3cccc(C4(O)CCN(C)C4=O)c3)n2)n1. The first kappa shape index (κ1) is 22.1. The molecule has 0 bridgehead atoms. The number of pyridine rings is 1. The van der Waals surface area contributed by atoms with E-state index in [1.807, 2.05) is 48.7 Å². The summed E-state index contributed by atoms with van der Waals surface area (Å²) < 4.78 is 0. The average Bonchev–Trinajstić information content (AvgIpc) is 3.46. The van der Waals surface area contributed by atoms with E-state index in [1.54, 1.807) is 30.4 Å². The van der Waals surface area contributed by atoms with Crippen LogP contribution in [0.2, 0.25) is 0 Å². The highest BCUT2D eigenvalue weighted by atomic mass is 32.1. The van der Waals surface area contributed by atoms with Gasteiger partial charge in [-0.25, -0.2) is 15.0 Å². The van der Waals surface area contributed by atoms with Crippen molar-refractivity contribution in [3.8, 4) is 22.0 Å². The number of aromatic nitrogens is 4. The Kier molecular flexibility index (Phi) is 5.80. The molecule has 1 amide bonds. The topological polar surface area (TPSA) is 104 Å². The summed E-state index contributed by atoms with van der Waals surface area (Å²) in [5.41, 5.74) is 3.45. The van der Waals surface area contributed by atoms with Gasteiger partial charge in [0, 0.05) is 43.4 Å². The third kappa shape index (κ3) is 4.15. The van der Waals surface area contributed by atoms with Gasteiger partial charge in [0.25, 0.3) is 5.91 Å². The predicted octanol–water partition coefficient (Wildman–Crippen LogP) is 3.63. The van der Waals surface area contributed by atoms with Crippen molar-refractivity contribution in [3.05, 3.63) is 77.1 Å². The standard InChI is InChI=1S/C25H24N6O2S/c1-16-5-4-10-26-20(16)14-28-24-27-11-8-19(30-24)21-15-34-22(29-21)17-6-3-7-18(13-17)25(33)9-12-31(2)23(25)32/h3-8,10-11,13,15,33H,9,12,14H2,1-2H3,(H,27,28,30). The lowest BCUT2D eigenvalue weighted by atomic mass is 9.91. The number of thiazole rings is 1. The molecule has 0 saturated carbocycles. The van der Waals surface area contributed by atoms with Crippen molar-refractivity contribution in [2.75, 3.05) is 18.9 Å². The van der Waals surface area contributed by atoms with Crippen LogP contribution in [-0.2, 0) is 16.9 Å². The first-order valence-corrected chi connectivity index (χ1v) is 11.8. The Labute approximate surface area is 201 Å². The fraction of sp³-hybridized carbons (Fsp3) is 0.240. The number of anilines is 1. The van der Waals surface area contributed by atoms with E-state index in [-0.39, 0.29) is 5.91 Å². The minimum Gasteiger partial charge on any atom is -0.375 e. The highest BCUT2D eigenvalue weighted by Gasteiger charge is 2.45. The Hall–Kier alpha value is -3.69. The Balaban J connectivity index is 1.36. The quantitative estimate of drug-likeness (QED) is 0.442. The highest BCUT2D eigenvalue weighted by molar-refractivity contribution is 7.13. The first-order valence-electron chi connectivity index (χ1n) is 11.0. The third-order valence-electron chi connectivity index (χ3n) is 6.05. The number of nitrogens with zero attached hydrogens (tertiary/aromatic N) is 5. The number of likely N-dealkylation sites (tertiary alicyclic amines) is 1. The Morgan fingerprint density at radius 1 is 1.12 bits per heavy atom. The van der Waals surface area contributed by atoms with Crippen LogP contribution in [0, 0.1) is 6.92 Å². The van der Waals surface area contributed by atoms with E-state index in [0.29, 0.717) is 36.7 Å². The van der Waals surface area contributed by atoms with E-state index in [9.17, 15) is 9.90 Å². The Bertz CT molecular complexity index is 1360. The van der Waals surface area contributed by atoms with Crippen molar-refractivity contribution in [2.24, 2.45) is 0 Å². The van der Waals surface area contributed by atoms with Crippen LogP contribution in [0.4, 0.5) is 5.95 Å². The molecule has 0 spiro atoms. The van der Waals surface area contributed by atoms with Crippen LogP contribution in [0.1, 0.15) is 23.2 Å². The number of carbonyl (C=O) groups excluding carboxylic acids is 1. The molecule has 1 aliphatic heterocycles. The summed E-state index contributed by atoms with van der Waals surface area (Å²) in [6.45, 7) is 3.08. The molecule has 1 fully saturated rings. The minimum atomic E-state index is -1.48. The molecule has 172 valence electrons. The Morgan fingerprint density at radius 3 is 2.79 bits per heavy atom. The summed E-state index contributed by atoms with van der Waals surface area (Å²) in [6, 6.07) is 13.2. The molecule has 1 atom stereocenters. The fourth-order valence-electron chi connectivity index (χ4n) is 4.01. The van der Waals surface area contributed by atoms with Crippen LogP contribution < -0.4 is 5.32 Å². The maximum absolute atomic E-state index is 12.5. The van der Waals surface area contributed by atoms with E-state index in [0.717, 1.165) is 27.5 Å². The summed E-state index contributed by atoms with van der Waals surface area (Å²) in [5, 5.41) is 17.0. The molecule has 4 aromatic rings. The van der Waals surface area contributed by atoms with Crippen molar-refractivity contribution in [1.82, 2.24) is 24.8 Å². The van der Waals surface area contributed by atoms with E-state index >= 15 is 0 Å². The number of hydrogen-bond acceptors (Lipinski definition) is 8. The number of aliphatic hydroxyl groups is 1. The van der Waals surface area contributed by atoms with E-state index in [4.69, 9.17) is 4.98 Å². The third-order valence-corrected chi connectivity index (χ3v) is 6.94. The molecule has 1 aromatic carbocycles. The zero-order valence-corrected chi connectivity index (χ0v) is 19.7. The van der Waals surface area contributed by atoms with Crippen molar-refractivity contribution in [3.63, 3.8) is 0 Å². The van der Waals surface area contributed by atoms with Crippen LogP contribution in [-0.4, -0.2) is 49.4 Å². The lowest BCUT2D eigenvalue weighted by Gasteiger charge is -2.21. The molecule has 1 unspecified atom stereocenters. The van der Waals surface area contributed by atoms with Gasteiger partial charge in [-0.15, -0.1) is 11.3 Å². The van der Waals surface area contributed by atoms with Gasteiger partial charge in [-0.05, 0) is 36.2 Å². The number of amides is 1. The lowest BCUT2D eigenvalue weighted by molar-refractivity contribution is -0.143. The van der Waals surface area contributed by atoms with Crippen molar-refractivity contribution in [1.29, 1.82) is 0 Å². The maximum Gasteiger partial charge on any atom is 0.258 e.